The van der Waals surface area contributed by atoms with E-state index in [-0.39, 0.29) is 17.9 Å². The third kappa shape index (κ3) is 3.61. The van der Waals surface area contributed by atoms with Gasteiger partial charge in [-0.05, 0) is 24.3 Å². The van der Waals surface area contributed by atoms with Crippen LogP contribution in [-0.4, -0.2) is 21.2 Å². The second kappa shape index (κ2) is 6.13. The van der Waals surface area contributed by atoms with Crippen LogP contribution < -0.4 is 0 Å². The first kappa shape index (κ1) is 14.5. The van der Waals surface area contributed by atoms with E-state index < -0.39 is 5.97 Å². The third-order valence-corrected chi connectivity index (χ3v) is 3.89. The lowest BCUT2D eigenvalue weighted by Gasteiger charge is -2.01. The number of hydrogen-bond acceptors (Lipinski definition) is 4. The van der Waals surface area contributed by atoms with Gasteiger partial charge in [0.2, 0.25) is 11.7 Å². The van der Waals surface area contributed by atoms with Crippen LogP contribution in [0.15, 0.2) is 40.9 Å². The standard InChI is InChI=1S/C17H18N2O3/c1-11(17(20)21)10-15-18-16(19-22-15)14-8-6-13(7-9-14)5-4-12-2-3-12/h6-9,12H,1-5,10H2,(H,20,21). The number of aromatic nitrogens is 2. The molecule has 0 aliphatic heterocycles. The molecule has 1 heterocycles. The van der Waals surface area contributed by atoms with Crippen LogP contribution in [-0.2, 0) is 17.6 Å². The van der Waals surface area contributed by atoms with Crippen molar-refractivity contribution in [3.8, 4) is 11.4 Å². The molecule has 1 aromatic heterocycles. The molecule has 1 aromatic carbocycles. The SMILES string of the molecule is C=C(Cc1nc(-c2ccc(CCC3CC3)cc2)no1)C(=O)O. The van der Waals surface area contributed by atoms with Gasteiger partial charge in [-0.3, -0.25) is 0 Å². The molecule has 0 amide bonds. The van der Waals surface area contributed by atoms with Crippen molar-refractivity contribution in [2.75, 3.05) is 0 Å². The highest BCUT2D eigenvalue weighted by atomic mass is 16.5. The minimum absolute atomic E-state index is 0.0330. The Morgan fingerprint density at radius 3 is 2.68 bits per heavy atom. The van der Waals surface area contributed by atoms with Gasteiger partial charge in [-0.2, -0.15) is 4.98 Å². The quantitative estimate of drug-likeness (QED) is 0.794. The van der Waals surface area contributed by atoms with Crippen molar-refractivity contribution in [3.05, 3.63) is 47.9 Å². The molecule has 3 rings (SSSR count). The fourth-order valence-corrected chi connectivity index (χ4v) is 2.30. The number of aryl methyl sites for hydroxylation is 1. The van der Waals surface area contributed by atoms with E-state index in [4.69, 9.17) is 9.63 Å². The highest BCUT2D eigenvalue weighted by Gasteiger charge is 2.20. The van der Waals surface area contributed by atoms with Crippen molar-refractivity contribution < 1.29 is 14.4 Å². The number of rotatable bonds is 7. The van der Waals surface area contributed by atoms with Gasteiger partial charge in [0.1, 0.15) is 0 Å². The number of nitrogens with zero attached hydrogens (tertiary/aromatic N) is 2. The van der Waals surface area contributed by atoms with E-state index in [9.17, 15) is 4.79 Å². The van der Waals surface area contributed by atoms with Crippen LogP contribution in [0, 0.1) is 5.92 Å². The minimum Gasteiger partial charge on any atom is -0.478 e. The molecular formula is C17H18N2O3. The Morgan fingerprint density at radius 2 is 2.05 bits per heavy atom. The average molecular weight is 298 g/mol. The van der Waals surface area contributed by atoms with E-state index in [1.54, 1.807) is 0 Å². The van der Waals surface area contributed by atoms with Gasteiger partial charge >= 0.3 is 5.97 Å². The molecule has 0 radical (unpaired) electrons. The monoisotopic (exact) mass is 298 g/mol. The van der Waals surface area contributed by atoms with E-state index in [1.807, 2.05) is 12.1 Å². The number of benzene rings is 1. The van der Waals surface area contributed by atoms with Crippen molar-refractivity contribution >= 4 is 5.97 Å². The molecule has 2 aromatic rings. The van der Waals surface area contributed by atoms with Gasteiger partial charge in [0.15, 0.2) is 0 Å². The van der Waals surface area contributed by atoms with Crippen LogP contribution in [0.1, 0.15) is 30.7 Å². The smallest absolute Gasteiger partial charge is 0.331 e. The van der Waals surface area contributed by atoms with Gasteiger partial charge in [-0.25, -0.2) is 4.79 Å². The first-order valence-electron chi connectivity index (χ1n) is 7.45. The normalized spacial score (nSPS) is 14.0. The van der Waals surface area contributed by atoms with Gasteiger partial charge in [0, 0.05) is 11.1 Å². The van der Waals surface area contributed by atoms with Gasteiger partial charge in [-0.15, -0.1) is 0 Å². The molecule has 0 atom stereocenters. The lowest BCUT2D eigenvalue weighted by atomic mass is 10.1. The first-order valence-corrected chi connectivity index (χ1v) is 7.45. The van der Waals surface area contributed by atoms with E-state index >= 15 is 0 Å². The number of carboxylic acids is 1. The van der Waals surface area contributed by atoms with Gasteiger partial charge in [-0.1, -0.05) is 48.8 Å². The number of hydrogen-bond donors (Lipinski definition) is 1. The Morgan fingerprint density at radius 1 is 1.32 bits per heavy atom. The summed E-state index contributed by atoms with van der Waals surface area (Å²) in [4.78, 5) is 15.0. The van der Waals surface area contributed by atoms with Crippen molar-refractivity contribution in [1.82, 2.24) is 10.1 Å². The first-order chi connectivity index (χ1) is 10.6. The largest absolute Gasteiger partial charge is 0.478 e. The summed E-state index contributed by atoms with van der Waals surface area (Å²) in [6, 6.07) is 8.12. The van der Waals surface area contributed by atoms with Crippen molar-refractivity contribution in [1.29, 1.82) is 0 Å². The molecule has 5 nitrogen and oxygen atoms in total. The van der Waals surface area contributed by atoms with E-state index in [2.05, 4.69) is 28.9 Å². The maximum Gasteiger partial charge on any atom is 0.331 e. The van der Waals surface area contributed by atoms with E-state index in [1.165, 1.54) is 24.8 Å². The Balaban J connectivity index is 1.64. The lowest BCUT2D eigenvalue weighted by molar-refractivity contribution is -0.132. The summed E-state index contributed by atoms with van der Waals surface area (Å²) in [7, 11) is 0. The minimum atomic E-state index is -1.06. The van der Waals surface area contributed by atoms with Gasteiger partial charge in [0.25, 0.3) is 0 Å². The molecule has 1 aliphatic carbocycles. The maximum absolute atomic E-state index is 10.7. The lowest BCUT2D eigenvalue weighted by Crippen LogP contribution is -2.02. The van der Waals surface area contributed by atoms with Crippen molar-refractivity contribution in [2.24, 2.45) is 5.92 Å². The molecule has 0 saturated heterocycles. The highest BCUT2D eigenvalue weighted by Crippen LogP contribution is 2.33. The van der Waals surface area contributed by atoms with Crippen LogP contribution in [0.25, 0.3) is 11.4 Å². The molecule has 114 valence electrons. The fraction of sp³-hybridized carbons (Fsp3) is 0.353. The predicted molar refractivity (Wildman–Crippen MR) is 81.3 cm³/mol. The van der Waals surface area contributed by atoms with Gasteiger partial charge < -0.3 is 9.63 Å². The molecule has 0 bridgehead atoms. The molecule has 5 heteroatoms. The molecule has 22 heavy (non-hydrogen) atoms. The van der Waals surface area contributed by atoms with Crippen LogP contribution in [0.3, 0.4) is 0 Å². The summed E-state index contributed by atoms with van der Waals surface area (Å²) in [5.41, 5.74) is 2.22. The molecule has 0 unspecified atom stereocenters. The number of carbonyl (C=O) groups is 1. The second-order valence-electron chi connectivity index (χ2n) is 5.78. The summed E-state index contributed by atoms with van der Waals surface area (Å²) in [6.45, 7) is 3.46. The van der Waals surface area contributed by atoms with Crippen molar-refractivity contribution in [3.63, 3.8) is 0 Å². The Hall–Kier alpha value is -2.43. The number of carboxylic acid groups (broad SMARTS) is 1. The summed E-state index contributed by atoms with van der Waals surface area (Å²) >= 11 is 0. The summed E-state index contributed by atoms with van der Waals surface area (Å²) in [6.07, 6.45) is 5.20. The highest BCUT2D eigenvalue weighted by molar-refractivity contribution is 5.86. The zero-order valence-electron chi connectivity index (χ0n) is 12.3. The Kier molecular flexibility index (Phi) is 4.04. The molecule has 1 fully saturated rings. The van der Waals surface area contributed by atoms with Crippen molar-refractivity contribution in [2.45, 2.75) is 32.1 Å². The van der Waals surface area contributed by atoms with Crippen LogP contribution in [0.4, 0.5) is 0 Å². The van der Waals surface area contributed by atoms with Crippen LogP contribution >= 0.6 is 0 Å². The molecular weight excluding hydrogens is 280 g/mol. The molecule has 1 aliphatic rings. The van der Waals surface area contributed by atoms with Crippen LogP contribution in [0.2, 0.25) is 0 Å². The fourth-order valence-electron chi connectivity index (χ4n) is 2.30. The number of aliphatic carboxylic acids is 1. The molecule has 0 spiro atoms. The third-order valence-electron chi connectivity index (χ3n) is 3.89. The Labute approximate surface area is 128 Å². The average Bonchev–Trinajstić information content (AvgIpc) is 3.23. The van der Waals surface area contributed by atoms with Crippen LogP contribution in [0.5, 0.6) is 0 Å². The topological polar surface area (TPSA) is 76.2 Å². The Bertz CT molecular complexity index is 684. The van der Waals surface area contributed by atoms with Gasteiger partial charge in [0.05, 0.1) is 6.42 Å². The summed E-state index contributed by atoms with van der Waals surface area (Å²) in [5.74, 6) is 0.615. The molecule has 1 N–H and O–H groups in total. The second-order valence-corrected chi connectivity index (χ2v) is 5.78. The summed E-state index contributed by atoms with van der Waals surface area (Å²) < 4.78 is 5.07. The predicted octanol–water partition coefficient (Wildman–Crippen LogP) is 3.26. The summed E-state index contributed by atoms with van der Waals surface area (Å²) in [5, 5.41) is 12.7. The zero-order valence-corrected chi connectivity index (χ0v) is 12.3. The van der Waals surface area contributed by atoms with E-state index in [0.29, 0.717) is 5.82 Å². The van der Waals surface area contributed by atoms with E-state index in [0.717, 1.165) is 17.9 Å². The zero-order chi connectivity index (χ0) is 15.5. The molecule has 1 saturated carbocycles. The maximum atomic E-state index is 10.7.